The van der Waals surface area contributed by atoms with Gasteiger partial charge in [0.25, 0.3) is 0 Å². The smallest absolute Gasteiger partial charge is 0.0931 e. The van der Waals surface area contributed by atoms with E-state index in [1.165, 1.54) is 5.56 Å². The van der Waals surface area contributed by atoms with Crippen molar-refractivity contribution in [3.05, 3.63) is 30.1 Å². The molecule has 0 aromatic carbocycles. The highest BCUT2D eigenvalue weighted by Crippen LogP contribution is 2.48. The monoisotopic (exact) mass is 149 g/mol. The first kappa shape index (κ1) is 6.80. The van der Waals surface area contributed by atoms with Crippen molar-refractivity contribution in [1.29, 1.82) is 0 Å². The standard InChI is InChI=1S/C9H11NO/c1-11-9(4-5-9)8-2-6-10-7-3-8/h2-3,6-7H,4-5H2,1H3. The number of ether oxygens (including phenoxy) is 1. The first-order valence-corrected chi connectivity index (χ1v) is 3.83. The third kappa shape index (κ3) is 1.03. The van der Waals surface area contributed by atoms with Crippen molar-refractivity contribution in [2.45, 2.75) is 18.4 Å². The number of rotatable bonds is 2. The summed E-state index contributed by atoms with van der Waals surface area (Å²) in [7, 11) is 1.77. The van der Waals surface area contributed by atoms with Gasteiger partial charge in [0.05, 0.1) is 5.60 Å². The Morgan fingerprint density at radius 3 is 2.45 bits per heavy atom. The quantitative estimate of drug-likeness (QED) is 0.638. The molecule has 0 amide bonds. The van der Waals surface area contributed by atoms with E-state index in [9.17, 15) is 0 Å². The van der Waals surface area contributed by atoms with Gasteiger partial charge in [0, 0.05) is 19.5 Å². The van der Waals surface area contributed by atoms with Crippen LogP contribution in [0.4, 0.5) is 0 Å². The molecule has 0 saturated heterocycles. The number of hydrogen-bond donors (Lipinski definition) is 0. The van der Waals surface area contributed by atoms with Gasteiger partial charge in [0.15, 0.2) is 0 Å². The van der Waals surface area contributed by atoms with Crippen molar-refractivity contribution < 1.29 is 4.74 Å². The zero-order valence-electron chi connectivity index (χ0n) is 6.58. The fourth-order valence-electron chi connectivity index (χ4n) is 1.38. The van der Waals surface area contributed by atoms with E-state index in [-0.39, 0.29) is 5.60 Å². The Hall–Kier alpha value is -0.890. The summed E-state index contributed by atoms with van der Waals surface area (Å²) in [5.41, 5.74) is 1.30. The lowest BCUT2D eigenvalue weighted by atomic mass is 10.1. The van der Waals surface area contributed by atoms with Crippen LogP contribution in [0.3, 0.4) is 0 Å². The predicted octanol–water partition coefficient (Wildman–Crippen LogP) is 1.72. The van der Waals surface area contributed by atoms with Crippen molar-refractivity contribution in [3.63, 3.8) is 0 Å². The van der Waals surface area contributed by atoms with Gasteiger partial charge in [-0.1, -0.05) is 0 Å². The number of pyridine rings is 1. The van der Waals surface area contributed by atoms with Crippen molar-refractivity contribution >= 4 is 0 Å². The highest BCUT2D eigenvalue weighted by Gasteiger charge is 2.44. The molecule has 1 heterocycles. The number of hydrogen-bond acceptors (Lipinski definition) is 2. The maximum atomic E-state index is 5.41. The molecule has 1 saturated carbocycles. The third-order valence-electron chi connectivity index (χ3n) is 2.30. The maximum absolute atomic E-state index is 5.41. The average molecular weight is 149 g/mol. The molecule has 0 N–H and O–H groups in total. The summed E-state index contributed by atoms with van der Waals surface area (Å²) in [5.74, 6) is 0. The lowest BCUT2D eigenvalue weighted by Crippen LogP contribution is -2.08. The predicted molar refractivity (Wildman–Crippen MR) is 42.2 cm³/mol. The van der Waals surface area contributed by atoms with Crippen LogP contribution in [-0.2, 0) is 10.3 Å². The molecule has 1 aromatic rings. The van der Waals surface area contributed by atoms with Crippen LogP contribution in [0.5, 0.6) is 0 Å². The molecule has 1 aliphatic rings. The van der Waals surface area contributed by atoms with Crippen LogP contribution in [0.2, 0.25) is 0 Å². The van der Waals surface area contributed by atoms with Crippen LogP contribution in [0.1, 0.15) is 18.4 Å². The van der Waals surface area contributed by atoms with Crippen molar-refractivity contribution in [2.75, 3.05) is 7.11 Å². The van der Waals surface area contributed by atoms with E-state index in [4.69, 9.17) is 4.74 Å². The Bertz CT molecular complexity index is 241. The fourth-order valence-corrected chi connectivity index (χ4v) is 1.38. The molecular formula is C9H11NO. The maximum Gasteiger partial charge on any atom is 0.0931 e. The summed E-state index contributed by atoms with van der Waals surface area (Å²) in [6, 6.07) is 4.05. The van der Waals surface area contributed by atoms with Crippen LogP contribution in [0.15, 0.2) is 24.5 Å². The molecule has 1 aromatic heterocycles. The van der Waals surface area contributed by atoms with Gasteiger partial charge in [-0.25, -0.2) is 0 Å². The zero-order chi connectivity index (χ0) is 7.73. The summed E-state index contributed by atoms with van der Waals surface area (Å²) in [4.78, 5) is 3.97. The summed E-state index contributed by atoms with van der Waals surface area (Å²) < 4.78 is 5.41. The van der Waals surface area contributed by atoms with E-state index in [2.05, 4.69) is 4.98 Å². The molecule has 11 heavy (non-hydrogen) atoms. The van der Waals surface area contributed by atoms with Gasteiger partial charge < -0.3 is 4.74 Å². The second-order valence-corrected chi connectivity index (χ2v) is 2.93. The molecule has 0 bridgehead atoms. The minimum atomic E-state index is 0.0446. The van der Waals surface area contributed by atoms with E-state index in [1.54, 1.807) is 7.11 Å². The van der Waals surface area contributed by atoms with Gasteiger partial charge in [0.1, 0.15) is 0 Å². The van der Waals surface area contributed by atoms with Gasteiger partial charge >= 0.3 is 0 Å². The molecule has 2 heteroatoms. The first-order chi connectivity index (χ1) is 5.37. The van der Waals surface area contributed by atoms with Gasteiger partial charge in [0.2, 0.25) is 0 Å². The summed E-state index contributed by atoms with van der Waals surface area (Å²) in [5, 5.41) is 0. The van der Waals surface area contributed by atoms with Crippen LogP contribution in [0, 0.1) is 0 Å². The average Bonchev–Trinajstić information content (AvgIpc) is 2.86. The van der Waals surface area contributed by atoms with Crippen LogP contribution in [0.25, 0.3) is 0 Å². The van der Waals surface area contributed by atoms with E-state index in [0.717, 1.165) is 12.8 Å². The van der Waals surface area contributed by atoms with Gasteiger partial charge in [-0.15, -0.1) is 0 Å². The molecule has 0 radical (unpaired) electrons. The van der Waals surface area contributed by atoms with E-state index >= 15 is 0 Å². The SMILES string of the molecule is COC1(c2ccncc2)CC1. The Balaban J connectivity index is 2.30. The van der Waals surface area contributed by atoms with Crippen molar-refractivity contribution in [1.82, 2.24) is 4.98 Å². The Labute approximate surface area is 66.2 Å². The molecule has 2 rings (SSSR count). The summed E-state index contributed by atoms with van der Waals surface area (Å²) in [6.07, 6.45) is 5.92. The zero-order valence-corrected chi connectivity index (χ0v) is 6.58. The van der Waals surface area contributed by atoms with Gasteiger partial charge in [-0.3, -0.25) is 4.98 Å². The van der Waals surface area contributed by atoms with Crippen LogP contribution >= 0.6 is 0 Å². The Morgan fingerprint density at radius 1 is 1.36 bits per heavy atom. The lowest BCUT2D eigenvalue weighted by molar-refractivity contribution is 0.0788. The highest BCUT2D eigenvalue weighted by atomic mass is 16.5. The number of methoxy groups -OCH3 is 1. The minimum absolute atomic E-state index is 0.0446. The molecule has 2 nitrogen and oxygen atoms in total. The number of nitrogens with zero attached hydrogens (tertiary/aromatic N) is 1. The van der Waals surface area contributed by atoms with Gasteiger partial charge in [-0.2, -0.15) is 0 Å². The Kier molecular flexibility index (Phi) is 1.43. The molecule has 1 fully saturated rings. The van der Waals surface area contributed by atoms with Crippen LogP contribution in [-0.4, -0.2) is 12.1 Å². The lowest BCUT2D eigenvalue weighted by Gasteiger charge is -2.12. The second kappa shape index (κ2) is 2.31. The molecular weight excluding hydrogens is 138 g/mol. The fraction of sp³-hybridized carbons (Fsp3) is 0.444. The summed E-state index contributed by atoms with van der Waals surface area (Å²) in [6.45, 7) is 0. The second-order valence-electron chi connectivity index (χ2n) is 2.93. The van der Waals surface area contributed by atoms with E-state index < -0.39 is 0 Å². The van der Waals surface area contributed by atoms with E-state index in [0.29, 0.717) is 0 Å². The van der Waals surface area contributed by atoms with Crippen molar-refractivity contribution in [3.8, 4) is 0 Å². The number of aromatic nitrogens is 1. The molecule has 0 aliphatic heterocycles. The van der Waals surface area contributed by atoms with Crippen molar-refractivity contribution in [2.24, 2.45) is 0 Å². The molecule has 1 aliphatic carbocycles. The molecule has 0 unspecified atom stereocenters. The molecule has 58 valence electrons. The Morgan fingerprint density at radius 2 is 2.00 bits per heavy atom. The summed E-state index contributed by atoms with van der Waals surface area (Å²) >= 11 is 0. The topological polar surface area (TPSA) is 22.1 Å². The highest BCUT2D eigenvalue weighted by molar-refractivity contribution is 5.25. The molecule has 0 atom stereocenters. The normalized spacial score (nSPS) is 19.7. The minimum Gasteiger partial charge on any atom is -0.374 e. The van der Waals surface area contributed by atoms with Gasteiger partial charge in [-0.05, 0) is 30.5 Å². The molecule has 0 spiro atoms. The van der Waals surface area contributed by atoms with Crippen LogP contribution < -0.4 is 0 Å². The van der Waals surface area contributed by atoms with E-state index in [1.807, 2.05) is 24.5 Å². The third-order valence-corrected chi connectivity index (χ3v) is 2.30. The first-order valence-electron chi connectivity index (χ1n) is 3.83. The largest absolute Gasteiger partial charge is 0.374 e.